The summed E-state index contributed by atoms with van der Waals surface area (Å²) < 4.78 is 13.0. The lowest BCUT2D eigenvalue weighted by atomic mass is 10.1. The molecule has 4 aromatic rings. The van der Waals surface area contributed by atoms with E-state index in [4.69, 9.17) is 9.47 Å². The van der Waals surface area contributed by atoms with E-state index in [1.165, 1.54) is 0 Å². The molecule has 0 atom stereocenters. The predicted molar refractivity (Wildman–Crippen MR) is 117 cm³/mol. The highest BCUT2D eigenvalue weighted by molar-refractivity contribution is 5.94. The first-order chi connectivity index (χ1) is 15.1. The van der Waals surface area contributed by atoms with Crippen molar-refractivity contribution in [3.05, 3.63) is 72.4 Å². The van der Waals surface area contributed by atoms with E-state index in [1.54, 1.807) is 29.8 Å². The molecule has 0 aliphatic carbocycles. The molecule has 31 heavy (non-hydrogen) atoms. The van der Waals surface area contributed by atoms with Crippen LogP contribution in [0.15, 0.2) is 66.7 Å². The summed E-state index contributed by atoms with van der Waals surface area (Å²) in [6.07, 6.45) is -0.0699. The first-order valence-electron chi connectivity index (χ1n) is 10.1. The van der Waals surface area contributed by atoms with Crippen LogP contribution in [0.1, 0.15) is 10.5 Å². The Morgan fingerprint density at radius 1 is 1.03 bits per heavy atom. The van der Waals surface area contributed by atoms with Crippen LogP contribution in [0.4, 0.5) is 0 Å². The van der Waals surface area contributed by atoms with E-state index in [1.807, 2.05) is 60.7 Å². The SMILES string of the molecule is COc1ccccc1-c1cc(C(=O)N2CC(Oc3ccc4ccccc4n3)C2)n(C)n1. The Hall–Kier alpha value is -3.87. The van der Waals surface area contributed by atoms with E-state index in [0.717, 1.165) is 22.2 Å². The fourth-order valence-corrected chi connectivity index (χ4v) is 3.78. The number of pyridine rings is 1. The van der Waals surface area contributed by atoms with Gasteiger partial charge in [0.05, 0.1) is 31.4 Å². The maximum atomic E-state index is 13.0. The molecule has 1 amide bonds. The van der Waals surface area contributed by atoms with Gasteiger partial charge in [-0.1, -0.05) is 30.3 Å². The van der Waals surface area contributed by atoms with Crippen molar-refractivity contribution in [2.45, 2.75) is 6.10 Å². The summed E-state index contributed by atoms with van der Waals surface area (Å²) in [7, 11) is 3.40. The first-order valence-corrected chi connectivity index (χ1v) is 10.1. The van der Waals surface area contributed by atoms with Gasteiger partial charge in [-0.2, -0.15) is 5.10 Å². The number of carbonyl (C=O) groups excluding carboxylic acids is 1. The number of rotatable bonds is 5. The number of benzene rings is 2. The molecular formula is C24H22N4O3. The summed E-state index contributed by atoms with van der Waals surface area (Å²) in [4.78, 5) is 19.3. The number of likely N-dealkylation sites (tertiary alicyclic amines) is 1. The van der Waals surface area contributed by atoms with Gasteiger partial charge in [-0.25, -0.2) is 4.98 Å². The van der Waals surface area contributed by atoms with Crippen LogP contribution >= 0.6 is 0 Å². The number of carbonyl (C=O) groups is 1. The van der Waals surface area contributed by atoms with E-state index in [9.17, 15) is 4.79 Å². The van der Waals surface area contributed by atoms with Crippen LogP contribution in [-0.2, 0) is 7.05 Å². The van der Waals surface area contributed by atoms with Gasteiger partial charge in [-0.15, -0.1) is 0 Å². The van der Waals surface area contributed by atoms with Crippen molar-refractivity contribution in [3.8, 4) is 22.9 Å². The van der Waals surface area contributed by atoms with E-state index in [-0.39, 0.29) is 12.0 Å². The third-order valence-corrected chi connectivity index (χ3v) is 5.48. The fourth-order valence-electron chi connectivity index (χ4n) is 3.78. The molecule has 2 aromatic carbocycles. The lowest BCUT2D eigenvalue weighted by Gasteiger charge is -2.38. The Labute approximate surface area is 179 Å². The molecule has 0 N–H and O–H groups in total. The second kappa shape index (κ2) is 7.75. The Morgan fingerprint density at radius 3 is 2.65 bits per heavy atom. The average molecular weight is 414 g/mol. The highest BCUT2D eigenvalue weighted by Gasteiger charge is 2.34. The first kappa shape index (κ1) is 19.1. The van der Waals surface area contributed by atoms with Gasteiger partial charge in [-0.05, 0) is 30.3 Å². The number of ether oxygens (including phenoxy) is 2. The molecule has 1 saturated heterocycles. The summed E-state index contributed by atoms with van der Waals surface area (Å²) in [5.74, 6) is 1.23. The topological polar surface area (TPSA) is 69.5 Å². The molecule has 5 rings (SSSR count). The summed E-state index contributed by atoms with van der Waals surface area (Å²) in [5.41, 5.74) is 2.98. The fraction of sp³-hybridized carbons (Fsp3) is 0.208. The maximum Gasteiger partial charge on any atom is 0.272 e. The van der Waals surface area contributed by atoms with E-state index >= 15 is 0 Å². The van der Waals surface area contributed by atoms with Gasteiger partial charge >= 0.3 is 0 Å². The molecule has 2 aromatic heterocycles. The molecule has 0 saturated carbocycles. The predicted octanol–water partition coefficient (Wildman–Crippen LogP) is 3.55. The van der Waals surface area contributed by atoms with Gasteiger partial charge in [0, 0.05) is 24.1 Å². The summed E-state index contributed by atoms with van der Waals surface area (Å²) in [6.45, 7) is 1.03. The van der Waals surface area contributed by atoms with Gasteiger partial charge in [0.25, 0.3) is 5.91 Å². The normalized spacial score (nSPS) is 13.8. The minimum absolute atomic E-state index is 0.0672. The Kier molecular flexibility index (Phi) is 4.78. The van der Waals surface area contributed by atoms with Crippen LogP contribution in [0.2, 0.25) is 0 Å². The summed E-state index contributed by atoms with van der Waals surface area (Å²) >= 11 is 0. The van der Waals surface area contributed by atoms with E-state index in [0.29, 0.717) is 30.4 Å². The van der Waals surface area contributed by atoms with Crippen molar-refractivity contribution >= 4 is 16.8 Å². The molecule has 1 fully saturated rings. The zero-order chi connectivity index (χ0) is 21.4. The third kappa shape index (κ3) is 3.59. The van der Waals surface area contributed by atoms with Gasteiger partial charge in [0.1, 0.15) is 17.5 Å². The van der Waals surface area contributed by atoms with Crippen LogP contribution in [0.25, 0.3) is 22.2 Å². The highest BCUT2D eigenvalue weighted by atomic mass is 16.5. The van der Waals surface area contributed by atoms with Crippen molar-refractivity contribution in [2.24, 2.45) is 7.05 Å². The van der Waals surface area contributed by atoms with Crippen molar-refractivity contribution in [1.29, 1.82) is 0 Å². The lowest BCUT2D eigenvalue weighted by molar-refractivity contribution is 0.0153. The van der Waals surface area contributed by atoms with E-state index in [2.05, 4.69) is 10.1 Å². The monoisotopic (exact) mass is 414 g/mol. The zero-order valence-corrected chi connectivity index (χ0v) is 17.4. The summed E-state index contributed by atoms with van der Waals surface area (Å²) in [5, 5.41) is 5.59. The van der Waals surface area contributed by atoms with Gasteiger partial charge < -0.3 is 14.4 Å². The highest BCUT2D eigenvalue weighted by Crippen LogP contribution is 2.29. The number of hydrogen-bond acceptors (Lipinski definition) is 5. The Balaban J connectivity index is 1.26. The lowest BCUT2D eigenvalue weighted by Crippen LogP contribution is -2.56. The van der Waals surface area contributed by atoms with Crippen molar-refractivity contribution in [3.63, 3.8) is 0 Å². The number of hydrogen-bond donors (Lipinski definition) is 0. The smallest absolute Gasteiger partial charge is 0.272 e. The number of methoxy groups -OCH3 is 1. The Bertz CT molecular complexity index is 1260. The van der Waals surface area contributed by atoms with Gasteiger partial charge in [0.15, 0.2) is 0 Å². The molecular weight excluding hydrogens is 392 g/mol. The van der Waals surface area contributed by atoms with Crippen LogP contribution in [0.5, 0.6) is 11.6 Å². The number of para-hydroxylation sites is 2. The molecule has 156 valence electrons. The minimum Gasteiger partial charge on any atom is -0.496 e. The molecule has 7 nitrogen and oxygen atoms in total. The quantitative estimate of drug-likeness (QED) is 0.500. The van der Waals surface area contributed by atoms with Crippen molar-refractivity contribution in [2.75, 3.05) is 20.2 Å². The summed E-state index contributed by atoms with van der Waals surface area (Å²) in [6, 6.07) is 21.2. The second-order valence-electron chi connectivity index (χ2n) is 7.53. The molecule has 1 aliphatic heterocycles. The van der Waals surface area contributed by atoms with Crippen LogP contribution in [-0.4, -0.2) is 51.9 Å². The molecule has 0 unspecified atom stereocenters. The zero-order valence-electron chi connectivity index (χ0n) is 17.4. The average Bonchev–Trinajstić information content (AvgIpc) is 3.16. The van der Waals surface area contributed by atoms with Gasteiger partial charge in [-0.3, -0.25) is 9.48 Å². The van der Waals surface area contributed by atoms with Crippen LogP contribution in [0, 0.1) is 0 Å². The minimum atomic E-state index is -0.0699. The molecule has 0 bridgehead atoms. The van der Waals surface area contributed by atoms with Crippen LogP contribution in [0.3, 0.4) is 0 Å². The third-order valence-electron chi connectivity index (χ3n) is 5.48. The molecule has 0 spiro atoms. The number of nitrogens with zero attached hydrogens (tertiary/aromatic N) is 4. The van der Waals surface area contributed by atoms with E-state index < -0.39 is 0 Å². The molecule has 1 aliphatic rings. The van der Waals surface area contributed by atoms with Gasteiger partial charge in [0.2, 0.25) is 5.88 Å². The number of amides is 1. The molecule has 0 radical (unpaired) electrons. The Morgan fingerprint density at radius 2 is 1.81 bits per heavy atom. The maximum absolute atomic E-state index is 13.0. The molecule has 7 heteroatoms. The van der Waals surface area contributed by atoms with Crippen LogP contribution < -0.4 is 9.47 Å². The molecule has 3 heterocycles. The second-order valence-corrected chi connectivity index (χ2v) is 7.53. The standard InChI is InChI=1S/C24H22N4O3/c1-27-21(13-20(26-27)18-8-4-6-10-22(18)30-2)24(29)28-14-17(15-28)31-23-12-11-16-7-3-5-9-19(16)25-23/h3-13,17H,14-15H2,1-2H3. The largest absolute Gasteiger partial charge is 0.496 e. The number of aromatic nitrogens is 3. The number of fused-ring (bicyclic) bond motifs is 1. The van der Waals surface area contributed by atoms with Crippen molar-refractivity contribution < 1.29 is 14.3 Å². The van der Waals surface area contributed by atoms with Crippen molar-refractivity contribution in [1.82, 2.24) is 19.7 Å². The number of aryl methyl sites for hydroxylation is 1.